The van der Waals surface area contributed by atoms with E-state index in [1.807, 2.05) is 0 Å². The summed E-state index contributed by atoms with van der Waals surface area (Å²) in [5.74, 6) is 0.967. The lowest BCUT2D eigenvalue weighted by Crippen LogP contribution is -2.28. The van der Waals surface area contributed by atoms with Gasteiger partial charge in [0.25, 0.3) is 0 Å². The third-order valence-electron chi connectivity index (χ3n) is 5.15. The molecule has 1 atom stereocenters. The molecule has 20 heavy (non-hydrogen) atoms. The van der Waals surface area contributed by atoms with E-state index in [9.17, 15) is 0 Å². The van der Waals surface area contributed by atoms with Crippen molar-refractivity contribution in [2.24, 2.45) is 5.92 Å². The minimum Gasteiger partial charge on any atom is -0.312 e. The molecule has 0 spiro atoms. The van der Waals surface area contributed by atoms with Crippen LogP contribution in [-0.4, -0.2) is 24.5 Å². The van der Waals surface area contributed by atoms with Gasteiger partial charge in [-0.05, 0) is 67.9 Å². The predicted molar refractivity (Wildman–Crippen MR) is 84.8 cm³/mol. The molecule has 0 bridgehead atoms. The first-order valence-electron chi connectivity index (χ1n) is 8.39. The van der Waals surface area contributed by atoms with E-state index in [1.165, 1.54) is 57.3 Å². The maximum atomic E-state index is 3.48. The first kappa shape index (κ1) is 14.1. The second-order valence-corrected chi connectivity index (χ2v) is 6.46. The van der Waals surface area contributed by atoms with Crippen LogP contribution in [-0.2, 0) is 19.5 Å². The molecule has 2 aliphatic heterocycles. The lowest BCUT2D eigenvalue weighted by atomic mass is 9.95. The van der Waals surface area contributed by atoms with Gasteiger partial charge in [-0.3, -0.25) is 4.90 Å². The zero-order chi connectivity index (χ0) is 13.8. The van der Waals surface area contributed by atoms with Crippen molar-refractivity contribution in [1.82, 2.24) is 10.2 Å². The fourth-order valence-corrected chi connectivity index (χ4v) is 3.79. The van der Waals surface area contributed by atoms with Gasteiger partial charge in [0.1, 0.15) is 0 Å². The fourth-order valence-electron chi connectivity index (χ4n) is 3.79. The summed E-state index contributed by atoms with van der Waals surface area (Å²) < 4.78 is 0. The maximum Gasteiger partial charge on any atom is 0.0236 e. The van der Waals surface area contributed by atoms with E-state index < -0.39 is 0 Å². The van der Waals surface area contributed by atoms with Crippen LogP contribution in [0.25, 0.3) is 0 Å². The summed E-state index contributed by atoms with van der Waals surface area (Å²) in [5, 5.41) is 3.48. The van der Waals surface area contributed by atoms with E-state index >= 15 is 0 Å². The highest BCUT2D eigenvalue weighted by molar-refractivity contribution is 5.37. The van der Waals surface area contributed by atoms with Crippen LogP contribution >= 0.6 is 0 Å². The molecule has 0 aromatic heterocycles. The summed E-state index contributed by atoms with van der Waals surface area (Å²) in [6, 6.07) is 6.89. The van der Waals surface area contributed by atoms with Crippen molar-refractivity contribution in [1.29, 1.82) is 0 Å². The number of benzene rings is 1. The van der Waals surface area contributed by atoms with E-state index in [2.05, 4.69) is 35.3 Å². The van der Waals surface area contributed by atoms with Gasteiger partial charge in [0.2, 0.25) is 0 Å². The number of fused-ring (bicyclic) bond motifs is 1. The van der Waals surface area contributed by atoms with Crippen LogP contribution < -0.4 is 5.32 Å². The zero-order valence-electron chi connectivity index (χ0n) is 12.8. The van der Waals surface area contributed by atoms with Crippen molar-refractivity contribution >= 4 is 0 Å². The van der Waals surface area contributed by atoms with Crippen LogP contribution in [0.1, 0.15) is 49.3 Å². The lowest BCUT2D eigenvalue weighted by Gasteiger charge is -2.25. The Balaban J connectivity index is 1.68. The molecule has 1 fully saturated rings. The van der Waals surface area contributed by atoms with Crippen LogP contribution in [0.3, 0.4) is 0 Å². The summed E-state index contributed by atoms with van der Waals surface area (Å²) in [6.45, 7) is 8.29. The third kappa shape index (κ3) is 3.24. The van der Waals surface area contributed by atoms with Crippen LogP contribution in [0.2, 0.25) is 0 Å². The van der Waals surface area contributed by atoms with E-state index in [0.717, 1.165) is 19.0 Å². The molecule has 1 aromatic carbocycles. The zero-order valence-corrected chi connectivity index (χ0v) is 12.8. The van der Waals surface area contributed by atoms with Gasteiger partial charge in [0.15, 0.2) is 0 Å². The standard InChI is InChI=1S/C18H28N2/c1-2-15-5-4-11-20(12-9-15)14-17-7-3-6-16-13-19-10-8-18(16)17/h3,6-7,15,19H,2,4-5,8-14H2,1H3. The van der Waals surface area contributed by atoms with Gasteiger partial charge in [-0.15, -0.1) is 0 Å². The fraction of sp³-hybridized carbons (Fsp3) is 0.667. The van der Waals surface area contributed by atoms with Gasteiger partial charge in [0.05, 0.1) is 0 Å². The van der Waals surface area contributed by atoms with E-state index in [4.69, 9.17) is 0 Å². The average molecular weight is 272 g/mol. The number of rotatable bonds is 3. The Hall–Kier alpha value is -0.860. The van der Waals surface area contributed by atoms with Gasteiger partial charge in [-0.1, -0.05) is 31.5 Å². The Bertz CT molecular complexity index is 441. The average Bonchev–Trinajstić information content (AvgIpc) is 2.73. The van der Waals surface area contributed by atoms with Crippen molar-refractivity contribution in [2.75, 3.05) is 19.6 Å². The molecule has 1 saturated heterocycles. The highest BCUT2D eigenvalue weighted by atomic mass is 15.1. The van der Waals surface area contributed by atoms with Crippen LogP contribution in [0, 0.1) is 5.92 Å². The summed E-state index contributed by atoms with van der Waals surface area (Å²) in [4.78, 5) is 2.69. The van der Waals surface area contributed by atoms with Crippen LogP contribution in [0.15, 0.2) is 18.2 Å². The van der Waals surface area contributed by atoms with Gasteiger partial charge < -0.3 is 5.32 Å². The van der Waals surface area contributed by atoms with Crippen molar-refractivity contribution in [3.8, 4) is 0 Å². The molecule has 2 nitrogen and oxygen atoms in total. The Morgan fingerprint density at radius 1 is 1.25 bits per heavy atom. The number of likely N-dealkylation sites (tertiary alicyclic amines) is 1. The third-order valence-corrected chi connectivity index (χ3v) is 5.15. The molecule has 2 heteroatoms. The summed E-state index contributed by atoms with van der Waals surface area (Å²) >= 11 is 0. The predicted octanol–water partition coefficient (Wildman–Crippen LogP) is 3.34. The highest BCUT2D eigenvalue weighted by Crippen LogP contribution is 2.24. The van der Waals surface area contributed by atoms with E-state index in [0.29, 0.717) is 0 Å². The molecule has 2 heterocycles. The summed E-state index contributed by atoms with van der Waals surface area (Å²) in [6.07, 6.45) is 6.78. The second kappa shape index (κ2) is 6.73. The first-order chi connectivity index (χ1) is 9.86. The summed E-state index contributed by atoms with van der Waals surface area (Å²) in [5.41, 5.74) is 4.73. The second-order valence-electron chi connectivity index (χ2n) is 6.46. The molecule has 0 aliphatic carbocycles. The molecule has 110 valence electrons. The van der Waals surface area contributed by atoms with Crippen molar-refractivity contribution in [3.05, 3.63) is 34.9 Å². The number of hydrogen-bond donors (Lipinski definition) is 1. The van der Waals surface area contributed by atoms with Crippen molar-refractivity contribution in [2.45, 2.75) is 52.1 Å². The summed E-state index contributed by atoms with van der Waals surface area (Å²) in [7, 11) is 0. The van der Waals surface area contributed by atoms with Crippen molar-refractivity contribution < 1.29 is 0 Å². The lowest BCUT2D eigenvalue weighted by molar-refractivity contribution is 0.271. The molecule has 1 aromatic rings. The van der Waals surface area contributed by atoms with Crippen LogP contribution in [0.5, 0.6) is 0 Å². The molecule has 0 amide bonds. The van der Waals surface area contributed by atoms with Gasteiger partial charge in [0, 0.05) is 13.1 Å². The normalized spacial score (nSPS) is 24.1. The number of nitrogens with zero attached hydrogens (tertiary/aromatic N) is 1. The maximum absolute atomic E-state index is 3.48. The molecule has 0 radical (unpaired) electrons. The molecular weight excluding hydrogens is 244 g/mol. The highest BCUT2D eigenvalue weighted by Gasteiger charge is 2.18. The molecule has 1 N–H and O–H groups in total. The molecule has 3 rings (SSSR count). The minimum absolute atomic E-state index is 0.967. The number of nitrogens with one attached hydrogen (secondary N) is 1. The Morgan fingerprint density at radius 2 is 2.20 bits per heavy atom. The largest absolute Gasteiger partial charge is 0.312 e. The van der Waals surface area contributed by atoms with Gasteiger partial charge in [-0.25, -0.2) is 0 Å². The molecule has 2 aliphatic rings. The van der Waals surface area contributed by atoms with E-state index in [-0.39, 0.29) is 0 Å². The Kier molecular flexibility index (Phi) is 4.74. The van der Waals surface area contributed by atoms with Gasteiger partial charge in [-0.2, -0.15) is 0 Å². The SMILES string of the molecule is CCC1CCCN(Cc2cccc3c2CCNC3)CC1. The Labute approximate surface area is 123 Å². The van der Waals surface area contributed by atoms with Crippen molar-refractivity contribution in [3.63, 3.8) is 0 Å². The topological polar surface area (TPSA) is 15.3 Å². The molecule has 0 saturated carbocycles. The monoisotopic (exact) mass is 272 g/mol. The van der Waals surface area contributed by atoms with E-state index in [1.54, 1.807) is 11.1 Å². The quantitative estimate of drug-likeness (QED) is 0.908. The van der Waals surface area contributed by atoms with Gasteiger partial charge >= 0.3 is 0 Å². The first-order valence-corrected chi connectivity index (χ1v) is 8.39. The smallest absolute Gasteiger partial charge is 0.0236 e. The Morgan fingerprint density at radius 3 is 3.10 bits per heavy atom. The van der Waals surface area contributed by atoms with Crippen LogP contribution in [0.4, 0.5) is 0 Å². The molecular formula is C18H28N2. The number of hydrogen-bond acceptors (Lipinski definition) is 2. The minimum atomic E-state index is 0.967. The molecule has 1 unspecified atom stereocenters.